The van der Waals surface area contributed by atoms with Crippen molar-refractivity contribution in [1.82, 2.24) is 10.6 Å². The minimum absolute atomic E-state index is 0.00506. The van der Waals surface area contributed by atoms with Gasteiger partial charge >= 0.3 is 35.8 Å². The number of benzene rings is 6. The molecule has 2 aliphatic heterocycles. The summed E-state index contributed by atoms with van der Waals surface area (Å²) in [5, 5.41) is 56.5. The van der Waals surface area contributed by atoms with Crippen LogP contribution >= 0.6 is 12.2 Å². The molecule has 24 heteroatoms. The number of aliphatic hydroxyl groups excluding tert-OH is 1. The number of aromatic carboxylic acids is 1. The quantitative estimate of drug-likeness (QED) is 0.00933. The lowest BCUT2D eigenvalue weighted by molar-refractivity contribution is -0.346. The van der Waals surface area contributed by atoms with E-state index in [-0.39, 0.29) is 74.7 Å². The van der Waals surface area contributed by atoms with Crippen molar-refractivity contribution in [2.75, 3.05) is 18.5 Å². The van der Waals surface area contributed by atoms with Crippen LogP contribution in [0.5, 0.6) is 5.75 Å². The van der Waals surface area contributed by atoms with Crippen LogP contribution in [0.1, 0.15) is 123 Å². The number of unbranched alkanes of at least 4 members (excludes halogenated alkanes) is 2. The zero-order valence-corrected chi connectivity index (χ0v) is 55.2. The van der Waals surface area contributed by atoms with E-state index < -0.39 is 131 Å². The number of ether oxygens (including phenoxy) is 6. The maximum absolute atomic E-state index is 16.5. The standard InChI is InChI=1S/C74H73N3O20S/c1-39-54(94-69(89)61(83)60(42-19-11-7-12-20-42)77-66(85)43-21-13-8-14-22-43)37-74(90)65(96-68(88)44-23-15-9-16-24-44)63-72(6,64(84)62(92-40(2)78)59(39)71(74,4)5)55(36-56-73(63,38-91-56)97-41(3)79)95-57(82)25-17-10-18-32-75-70(98)76-45-26-29-48(51(33-45)67(86)87)58-49-30-27-46(80)34-52(49)93-53-35-47(81)28-31-50(53)58/h7-9,11-16,19-24,26-31,33-35,54-56,60-63,65,80,83,90H,10,17-18,25,32,36-38H2,1-6H3,(H,77,85)(H,86,87)(H2,75,76,98)/t54-,55-,56+,60-,61+,62+,63?,65?,72+,73-,74+/m0/s1. The van der Waals surface area contributed by atoms with Gasteiger partial charge in [-0.1, -0.05) is 93.1 Å². The molecule has 23 nitrogen and oxygen atoms in total. The van der Waals surface area contributed by atoms with Crippen molar-refractivity contribution in [3.8, 4) is 28.2 Å². The molecule has 11 rings (SSSR count). The number of aromatic hydroxyl groups is 1. The second-order valence-electron chi connectivity index (χ2n) is 25.9. The number of phenolic OH excluding ortho intramolecular Hbond substituents is 1. The number of carboxylic acid groups (broad SMARTS) is 1. The van der Waals surface area contributed by atoms with Crippen LogP contribution in [0, 0.1) is 16.7 Å². The van der Waals surface area contributed by atoms with Crippen molar-refractivity contribution < 1.29 is 91.6 Å². The number of thiocarbonyl (C=S) groups is 1. The highest BCUT2D eigenvalue weighted by atomic mass is 32.1. The van der Waals surface area contributed by atoms with Crippen LogP contribution in [0.15, 0.2) is 166 Å². The van der Waals surface area contributed by atoms with Crippen LogP contribution < -0.4 is 21.4 Å². The van der Waals surface area contributed by atoms with E-state index >= 15 is 4.79 Å². The molecule has 5 aromatic rings. The number of nitrogens with one attached hydrogen (secondary N) is 3. The zero-order valence-electron chi connectivity index (χ0n) is 54.4. The maximum atomic E-state index is 16.5. The summed E-state index contributed by atoms with van der Waals surface area (Å²) in [4.78, 5) is 127. The van der Waals surface area contributed by atoms with Crippen molar-refractivity contribution in [2.24, 2.45) is 16.7 Å². The van der Waals surface area contributed by atoms with Gasteiger partial charge in [0, 0.05) is 85.0 Å². The van der Waals surface area contributed by atoms with E-state index in [0.717, 1.165) is 13.8 Å². The highest BCUT2D eigenvalue weighted by Crippen LogP contribution is 2.65. The first-order valence-electron chi connectivity index (χ1n) is 32.0. The van der Waals surface area contributed by atoms with E-state index in [1.807, 2.05) is 0 Å². The van der Waals surface area contributed by atoms with Crippen LogP contribution in [-0.4, -0.2) is 134 Å². The molecule has 2 heterocycles. The number of Topliss-reactive ketones (excluding diaryl/α,β-unsaturated/α-hetero) is 1. The minimum Gasteiger partial charge on any atom is -0.508 e. The number of rotatable bonds is 20. The minimum atomic E-state index is -2.53. The number of carboxylic acids is 1. The molecule has 0 aromatic heterocycles. The third-order valence-corrected chi connectivity index (χ3v) is 19.8. The summed E-state index contributed by atoms with van der Waals surface area (Å²) in [5.41, 5.74) is -6.48. The molecule has 1 saturated heterocycles. The molecule has 5 aromatic carbocycles. The second kappa shape index (κ2) is 27.8. The van der Waals surface area contributed by atoms with E-state index in [2.05, 4.69) is 16.0 Å². The van der Waals surface area contributed by atoms with Crippen LogP contribution in [0.3, 0.4) is 0 Å². The monoisotopic (exact) mass is 1360 g/mol. The van der Waals surface area contributed by atoms with Crippen molar-refractivity contribution in [3.63, 3.8) is 0 Å². The average Bonchev–Trinajstić information content (AvgIpc) is 0.668. The molecule has 6 aliphatic rings. The van der Waals surface area contributed by atoms with Gasteiger partial charge in [-0.05, 0) is 122 Å². The first-order valence-corrected chi connectivity index (χ1v) is 32.4. The number of carbonyl (C=O) groups excluding carboxylic acids is 7. The van der Waals surface area contributed by atoms with Crippen LogP contribution in [0.4, 0.5) is 5.69 Å². The number of amides is 1. The number of ketones is 1. The molecule has 2 unspecified atom stereocenters. The fourth-order valence-electron chi connectivity index (χ4n) is 14.7. The predicted molar refractivity (Wildman–Crippen MR) is 357 cm³/mol. The number of phenols is 1. The summed E-state index contributed by atoms with van der Waals surface area (Å²) in [5.74, 6) is -9.28. The normalized spacial score (nSPS) is 24.3. The fourth-order valence-corrected chi connectivity index (χ4v) is 14.9. The summed E-state index contributed by atoms with van der Waals surface area (Å²) in [6.45, 7) is 8.08. The van der Waals surface area contributed by atoms with E-state index in [4.69, 9.17) is 45.1 Å². The molecule has 0 radical (unpaired) electrons. The van der Waals surface area contributed by atoms with Crippen molar-refractivity contribution in [2.45, 2.75) is 134 Å². The van der Waals surface area contributed by atoms with Gasteiger partial charge < -0.3 is 69.2 Å². The Morgan fingerprint density at radius 3 is 2.08 bits per heavy atom. The number of esters is 5. The summed E-state index contributed by atoms with van der Waals surface area (Å²) < 4.78 is 43.8. The van der Waals surface area contributed by atoms with Crippen LogP contribution in [-0.2, 0) is 52.4 Å². The summed E-state index contributed by atoms with van der Waals surface area (Å²) >= 11 is 5.60. The molecule has 1 amide bonds. The largest absolute Gasteiger partial charge is 0.508 e. The first kappa shape index (κ1) is 69.2. The lowest BCUT2D eigenvalue weighted by Crippen LogP contribution is -2.82. The first-order chi connectivity index (χ1) is 46.7. The number of hydrogen-bond donors (Lipinski definition) is 7. The van der Waals surface area contributed by atoms with Crippen molar-refractivity contribution in [1.29, 1.82) is 0 Å². The Morgan fingerprint density at radius 1 is 0.755 bits per heavy atom. The van der Waals surface area contributed by atoms with Gasteiger partial charge in [-0.15, -0.1) is 0 Å². The molecular formula is C74H73N3O20S. The second-order valence-corrected chi connectivity index (χ2v) is 26.3. The molecule has 98 heavy (non-hydrogen) atoms. The van der Waals surface area contributed by atoms with Crippen LogP contribution in [0.2, 0.25) is 0 Å². The fraction of sp³-hybridized carbons (Fsp3) is 0.351. The SMILES string of the molecule is CC(=O)O[C@H]1C(=O)[C@@]2(C)C(C(OC(=O)c3ccccc3)[C@]3(O)C[C@H](OC(=O)[C@H](O)[C@@H](NC(=O)c4ccccc4)c4ccccc4)C(C)=C1C3(C)C)[C@]1(OC(C)=O)CO[C@@H]1C[C@@H]2OC(=O)CCCCCNC(=S)Nc1ccc(-c2c3ccc(=O)cc-3oc3cc(O)ccc23)c(C(=O)O)c1. The Labute approximate surface area is 567 Å². The molecule has 510 valence electrons. The smallest absolute Gasteiger partial charge is 0.338 e. The molecule has 7 N–H and O–H groups in total. The highest BCUT2D eigenvalue weighted by molar-refractivity contribution is 7.80. The zero-order chi connectivity index (χ0) is 70.2. The Balaban J connectivity index is 0.854. The van der Waals surface area contributed by atoms with Gasteiger partial charge in [0.15, 0.2) is 34.1 Å². The Hall–Kier alpha value is -10.1. The number of carbonyl (C=O) groups is 8. The summed E-state index contributed by atoms with van der Waals surface area (Å²) in [7, 11) is 0. The van der Waals surface area contributed by atoms with Gasteiger partial charge in [0.1, 0.15) is 47.1 Å². The summed E-state index contributed by atoms with van der Waals surface area (Å²) in [6.07, 6.45) is -10.3. The van der Waals surface area contributed by atoms with E-state index in [1.54, 1.807) is 103 Å². The number of hydrogen-bond acceptors (Lipinski definition) is 20. The number of anilines is 1. The molecule has 3 fully saturated rings. The maximum Gasteiger partial charge on any atom is 0.338 e. The Bertz CT molecular complexity index is 4370. The third-order valence-electron chi connectivity index (χ3n) is 19.5. The Morgan fingerprint density at radius 2 is 1.43 bits per heavy atom. The van der Waals surface area contributed by atoms with Gasteiger partial charge in [0.05, 0.1) is 35.1 Å². The molecule has 2 saturated carbocycles. The third kappa shape index (κ3) is 13.1. The lowest BCUT2D eigenvalue weighted by atomic mass is 9.44. The highest BCUT2D eigenvalue weighted by Gasteiger charge is 2.79. The van der Waals surface area contributed by atoms with Crippen molar-refractivity contribution in [3.05, 3.63) is 189 Å². The molecule has 2 bridgehead atoms. The van der Waals surface area contributed by atoms with Crippen molar-refractivity contribution >= 4 is 81.5 Å². The predicted octanol–water partition coefficient (Wildman–Crippen LogP) is 9.12. The van der Waals surface area contributed by atoms with E-state index in [9.17, 15) is 58.8 Å². The van der Waals surface area contributed by atoms with Gasteiger partial charge in [0.2, 0.25) is 0 Å². The number of fused-ring (bicyclic) bond motifs is 7. The molecule has 0 spiro atoms. The van der Waals surface area contributed by atoms with Gasteiger partial charge in [-0.25, -0.2) is 14.4 Å². The molecule has 4 aliphatic carbocycles. The van der Waals surface area contributed by atoms with E-state index in [1.165, 1.54) is 70.2 Å². The topological polar surface area (TPSA) is 339 Å². The van der Waals surface area contributed by atoms with E-state index in [0.29, 0.717) is 52.7 Å². The Kier molecular flexibility index (Phi) is 19.6. The van der Waals surface area contributed by atoms with Gasteiger partial charge in [-0.3, -0.25) is 28.8 Å². The summed E-state index contributed by atoms with van der Waals surface area (Å²) in [6, 6.07) is 35.8. The number of aliphatic hydroxyl groups is 2. The van der Waals surface area contributed by atoms with Crippen LogP contribution in [0.25, 0.3) is 33.4 Å². The average molecular weight is 1360 g/mol. The molecular weight excluding hydrogens is 1280 g/mol. The molecule has 11 atom stereocenters. The lowest BCUT2D eigenvalue weighted by Gasteiger charge is -2.67. The van der Waals surface area contributed by atoms with Gasteiger partial charge in [0.25, 0.3) is 5.91 Å². The van der Waals surface area contributed by atoms with Gasteiger partial charge in [-0.2, -0.15) is 0 Å².